The van der Waals surface area contributed by atoms with Crippen LogP contribution in [0.15, 0.2) is 97.1 Å². The fourth-order valence-electron chi connectivity index (χ4n) is 7.22. The van der Waals surface area contributed by atoms with Crippen LogP contribution in [0.2, 0.25) is 0 Å². The molecule has 0 aliphatic heterocycles. The molecular formula is C46H16F2N8. The van der Waals surface area contributed by atoms with Gasteiger partial charge >= 0.3 is 0 Å². The van der Waals surface area contributed by atoms with Crippen molar-refractivity contribution < 1.29 is 8.78 Å². The molecule has 0 N–H and O–H groups in total. The van der Waals surface area contributed by atoms with Crippen LogP contribution in [0, 0.1) is 102 Å². The fourth-order valence-corrected chi connectivity index (χ4v) is 7.22. The summed E-state index contributed by atoms with van der Waals surface area (Å²) in [5.41, 5.74) is -3.13. The largest absolute Gasteiger partial charge is 0.206 e. The van der Waals surface area contributed by atoms with E-state index in [1.807, 2.05) is 36.4 Å². The van der Waals surface area contributed by atoms with Gasteiger partial charge < -0.3 is 0 Å². The van der Waals surface area contributed by atoms with Crippen molar-refractivity contribution in [1.29, 1.82) is 42.1 Å². The van der Waals surface area contributed by atoms with E-state index in [2.05, 4.69) is 12.1 Å². The summed E-state index contributed by atoms with van der Waals surface area (Å²) < 4.78 is 36.0. The van der Waals surface area contributed by atoms with Gasteiger partial charge in [0.15, 0.2) is 0 Å². The predicted octanol–water partition coefficient (Wildman–Crippen LogP) is 9.22. The first-order valence-electron chi connectivity index (χ1n) is 16.5. The van der Waals surface area contributed by atoms with Gasteiger partial charge in [0.25, 0.3) is 0 Å². The minimum absolute atomic E-state index is 0.00700. The molecule has 2 aliphatic rings. The normalized spacial score (nSPS) is 14.0. The summed E-state index contributed by atoms with van der Waals surface area (Å²) in [6.45, 7) is 0. The van der Waals surface area contributed by atoms with E-state index in [9.17, 15) is 42.1 Å². The molecule has 0 fully saturated rings. The Hall–Kier alpha value is -9.16. The Balaban J connectivity index is 1.73. The molecule has 0 atom stereocenters. The molecule has 0 spiro atoms. The highest BCUT2D eigenvalue weighted by molar-refractivity contribution is 6.34. The minimum Gasteiger partial charge on any atom is -0.206 e. The number of hydrogen-bond donors (Lipinski definition) is 0. The maximum Gasteiger partial charge on any atom is 0.141 e. The fraction of sp³-hybridized carbons (Fsp3) is 0. The third-order valence-electron chi connectivity index (χ3n) is 9.41. The highest BCUT2D eigenvalue weighted by Crippen LogP contribution is 2.58. The Bertz CT molecular complexity index is 2840. The first-order valence-corrected chi connectivity index (χ1v) is 16.5. The molecule has 0 unspecified atom stereocenters. The van der Waals surface area contributed by atoms with E-state index in [-0.39, 0.29) is 78.0 Å². The number of fused-ring (bicyclic) bond motifs is 2. The maximum atomic E-state index is 18.2. The smallest absolute Gasteiger partial charge is 0.141 e. The highest BCUT2D eigenvalue weighted by atomic mass is 19.1. The Morgan fingerprint density at radius 3 is 1.00 bits per heavy atom. The third kappa shape index (κ3) is 5.36. The van der Waals surface area contributed by atoms with Crippen LogP contribution < -0.4 is 0 Å². The number of allylic oxidation sites excluding steroid dienone is 8. The van der Waals surface area contributed by atoms with Gasteiger partial charge in [0.2, 0.25) is 0 Å². The summed E-state index contributed by atoms with van der Waals surface area (Å²) in [5.74, 6) is -2.34. The average Bonchev–Trinajstić information content (AvgIpc) is 3.78. The predicted molar refractivity (Wildman–Crippen MR) is 201 cm³/mol. The van der Waals surface area contributed by atoms with Gasteiger partial charge in [-0.15, -0.1) is 0 Å². The van der Waals surface area contributed by atoms with Gasteiger partial charge in [-0.1, -0.05) is 60.7 Å². The van der Waals surface area contributed by atoms with Crippen molar-refractivity contribution in [2.75, 3.05) is 0 Å². The first kappa shape index (κ1) is 35.3. The number of nitrogens with zero attached hydrogens (tertiary/aromatic N) is 8. The summed E-state index contributed by atoms with van der Waals surface area (Å²) >= 11 is 0. The zero-order valence-corrected chi connectivity index (χ0v) is 28.6. The average molecular weight is 719 g/mol. The van der Waals surface area contributed by atoms with E-state index < -0.39 is 33.9 Å². The van der Waals surface area contributed by atoms with E-state index in [0.717, 1.165) is 0 Å². The van der Waals surface area contributed by atoms with Crippen molar-refractivity contribution in [3.8, 4) is 48.6 Å². The van der Waals surface area contributed by atoms with E-state index in [0.29, 0.717) is 11.1 Å². The lowest BCUT2D eigenvalue weighted by atomic mass is 9.85. The Morgan fingerprint density at radius 2 is 0.714 bits per heavy atom. The molecular weight excluding hydrogens is 703 g/mol. The topological polar surface area (TPSA) is 190 Å². The van der Waals surface area contributed by atoms with Gasteiger partial charge in [-0.2, -0.15) is 42.1 Å². The molecule has 5 aromatic rings. The molecule has 5 aromatic carbocycles. The third-order valence-corrected chi connectivity index (χ3v) is 9.41. The lowest BCUT2D eigenvalue weighted by molar-refractivity contribution is 0.590. The maximum absolute atomic E-state index is 18.2. The number of hydrogen-bond acceptors (Lipinski definition) is 8. The molecule has 0 bridgehead atoms. The van der Waals surface area contributed by atoms with Crippen LogP contribution in [0.5, 0.6) is 0 Å². The summed E-state index contributed by atoms with van der Waals surface area (Å²) in [6.07, 6.45) is 0. The van der Waals surface area contributed by atoms with Gasteiger partial charge in [-0.25, -0.2) is 8.78 Å². The van der Waals surface area contributed by atoms with Crippen molar-refractivity contribution >= 4 is 44.6 Å². The quantitative estimate of drug-likeness (QED) is 0.164. The van der Waals surface area contributed by atoms with Gasteiger partial charge in [0.05, 0.1) is 68.8 Å². The van der Waals surface area contributed by atoms with E-state index in [1.165, 1.54) is 36.4 Å². The molecule has 8 nitrogen and oxygen atoms in total. The Kier molecular flexibility index (Phi) is 8.88. The summed E-state index contributed by atoms with van der Waals surface area (Å²) in [4.78, 5) is 0. The molecule has 0 amide bonds. The SMILES string of the molecule is N#CC1=C(c2ccccc2)/C(=C(/C#N)c2cc(C#N)cc(C#N)c2)c2c(F)c3c(c(F)c21)C(C#N)=C(c1ccccc1)/C3=C(/C#N)c1cc(C#N)cc(C#N)c1. The van der Waals surface area contributed by atoms with Crippen LogP contribution in [0.4, 0.5) is 8.78 Å². The monoisotopic (exact) mass is 718 g/mol. The van der Waals surface area contributed by atoms with Crippen LogP contribution in [0.25, 0.3) is 44.6 Å². The number of benzene rings is 5. The van der Waals surface area contributed by atoms with Crippen LogP contribution in [0.3, 0.4) is 0 Å². The molecule has 7 rings (SSSR count). The zero-order chi connectivity index (χ0) is 39.7. The van der Waals surface area contributed by atoms with Crippen molar-refractivity contribution in [2.45, 2.75) is 0 Å². The van der Waals surface area contributed by atoms with Gasteiger partial charge in [0.1, 0.15) is 35.9 Å². The second-order valence-corrected chi connectivity index (χ2v) is 12.4. The zero-order valence-electron chi connectivity index (χ0n) is 28.6. The van der Waals surface area contributed by atoms with E-state index in [4.69, 9.17) is 0 Å². The first-order chi connectivity index (χ1) is 27.3. The van der Waals surface area contributed by atoms with Crippen LogP contribution in [-0.2, 0) is 0 Å². The summed E-state index contributed by atoms with van der Waals surface area (Å²) in [6, 6.07) is 40.0. The molecule has 0 radical (unpaired) electrons. The lowest BCUT2D eigenvalue weighted by Crippen LogP contribution is -2.05. The molecule has 0 saturated heterocycles. The van der Waals surface area contributed by atoms with E-state index >= 15 is 8.78 Å². The number of halogens is 2. The molecule has 56 heavy (non-hydrogen) atoms. The lowest BCUT2D eigenvalue weighted by Gasteiger charge is -2.17. The molecule has 254 valence electrons. The minimum atomic E-state index is -1.17. The number of nitriles is 8. The van der Waals surface area contributed by atoms with Crippen molar-refractivity contribution in [1.82, 2.24) is 0 Å². The second-order valence-electron chi connectivity index (χ2n) is 12.4. The van der Waals surface area contributed by atoms with Crippen molar-refractivity contribution in [2.24, 2.45) is 0 Å². The van der Waals surface area contributed by atoms with Crippen LogP contribution >= 0.6 is 0 Å². The summed E-state index contributed by atoms with van der Waals surface area (Å²) in [7, 11) is 0. The van der Waals surface area contributed by atoms with Gasteiger partial charge in [-0.05, 0) is 58.7 Å². The van der Waals surface area contributed by atoms with Gasteiger partial charge in [-0.3, -0.25) is 0 Å². The molecule has 0 heterocycles. The van der Waals surface area contributed by atoms with Crippen LogP contribution in [0.1, 0.15) is 66.8 Å². The number of rotatable bonds is 4. The second kappa shape index (κ2) is 14.1. The Morgan fingerprint density at radius 1 is 0.393 bits per heavy atom. The molecule has 10 heteroatoms. The van der Waals surface area contributed by atoms with Crippen molar-refractivity contribution in [3.63, 3.8) is 0 Å². The molecule has 2 aliphatic carbocycles. The van der Waals surface area contributed by atoms with Crippen molar-refractivity contribution in [3.05, 3.63) is 175 Å². The highest BCUT2D eigenvalue weighted by Gasteiger charge is 2.44. The molecule has 0 aromatic heterocycles. The molecule has 0 saturated carbocycles. The van der Waals surface area contributed by atoms with E-state index in [1.54, 1.807) is 60.7 Å². The van der Waals surface area contributed by atoms with Gasteiger partial charge in [0, 0.05) is 44.5 Å². The standard InChI is InChI=1S/C46H16F2N8/c47-45-41-35(23-55)37(29-7-3-1-4-8-29)39(33(21-53)31-13-25(17-49)11-26(14-31)18-50)43(41)46(48)44-40(34(22-54)32-15-27(19-51)12-28(16-32)20-52)38(36(24-56)42(44)45)30-9-5-2-6-10-30/h1-16H/b39-33+,40-34+. The van der Waals surface area contributed by atoms with Crippen LogP contribution in [-0.4, -0.2) is 0 Å². The Labute approximate surface area is 318 Å². The summed E-state index contributed by atoms with van der Waals surface area (Å²) in [5, 5.41) is 82.2.